The fourth-order valence-corrected chi connectivity index (χ4v) is 2.21. The fourth-order valence-electron chi connectivity index (χ4n) is 2.21. The number of hydrogen-bond donors (Lipinski definition) is 3. The Kier molecular flexibility index (Phi) is 5.69. The van der Waals surface area contributed by atoms with Gasteiger partial charge in [0.15, 0.2) is 0 Å². The number of anilines is 2. The van der Waals surface area contributed by atoms with Crippen LogP contribution in [0, 0.1) is 0 Å². The van der Waals surface area contributed by atoms with Crippen LogP contribution < -0.4 is 15.4 Å². The lowest BCUT2D eigenvalue weighted by atomic mass is 10.1. The minimum atomic E-state index is -1.24. The molecular weight excluding hydrogens is 340 g/mol. The Labute approximate surface area is 148 Å². The van der Waals surface area contributed by atoms with Gasteiger partial charge in [-0.2, -0.15) is 0 Å². The van der Waals surface area contributed by atoms with Crippen molar-refractivity contribution in [3.05, 3.63) is 53.6 Å². The van der Waals surface area contributed by atoms with Crippen molar-refractivity contribution in [2.24, 2.45) is 0 Å². The van der Waals surface area contributed by atoms with E-state index in [0.717, 1.165) is 0 Å². The third-order valence-corrected chi connectivity index (χ3v) is 3.21. The lowest BCUT2D eigenvalue weighted by Gasteiger charge is -2.14. The van der Waals surface area contributed by atoms with Crippen LogP contribution in [0.15, 0.2) is 42.5 Å². The van der Waals surface area contributed by atoms with Gasteiger partial charge in [-0.05, 0) is 24.3 Å². The van der Waals surface area contributed by atoms with E-state index in [2.05, 4.69) is 10.6 Å². The number of carbonyl (C=O) groups excluding carboxylic acids is 3. The molecular formula is C18H16N2O6. The highest BCUT2D eigenvalue weighted by Gasteiger charge is 2.18. The molecule has 0 aliphatic carbocycles. The maximum atomic E-state index is 12.5. The predicted molar refractivity (Wildman–Crippen MR) is 93.4 cm³/mol. The minimum absolute atomic E-state index is 0.0494. The molecule has 26 heavy (non-hydrogen) atoms. The van der Waals surface area contributed by atoms with E-state index in [9.17, 15) is 24.3 Å². The van der Waals surface area contributed by atoms with Gasteiger partial charge in [-0.15, -0.1) is 0 Å². The van der Waals surface area contributed by atoms with E-state index in [0.29, 0.717) is 0 Å². The second kappa shape index (κ2) is 7.93. The topological polar surface area (TPSA) is 122 Å². The number of aromatic carboxylic acids is 1. The lowest BCUT2D eigenvalue weighted by molar-refractivity contribution is -0.131. The molecule has 0 fully saturated rings. The summed E-state index contributed by atoms with van der Waals surface area (Å²) in [5.41, 5.74) is 0.215. The second-order valence-corrected chi connectivity index (χ2v) is 5.29. The van der Waals surface area contributed by atoms with E-state index in [1.807, 2.05) is 0 Å². The van der Waals surface area contributed by atoms with Gasteiger partial charge in [-0.3, -0.25) is 14.4 Å². The molecule has 0 unspecified atom stereocenters. The number of rotatable bonds is 5. The summed E-state index contributed by atoms with van der Waals surface area (Å²) >= 11 is 0. The molecule has 2 aromatic rings. The van der Waals surface area contributed by atoms with Crippen molar-refractivity contribution in [2.45, 2.75) is 13.8 Å². The first kappa shape index (κ1) is 18.7. The van der Waals surface area contributed by atoms with Crippen LogP contribution in [-0.2, 0) is 9.59 Å². The van der Waals surface area contributed by atoms with Gasteiger partial charge < -0.3 is 20.5 Å². The van der Waals surface area contributed by atoms with Gasteiger partial charge in [-0.25, -0.2) is 4.79 Å². The average Bonchev–Trinajstić information content (AvgIpc) is 2.56. The van der Waals surface area contributed by atoms with Crippen molar-refractivity contribution in [1.82, 2.24) is 0 Å². The van der Waals surface area contributed by atoms with Crippen molar-refractivity contribution in [1.29, 1.82) is 0 Å². The number of nitrogens with one attached hydrogen (secondary N) is 2. The summed E-state index contributed by atoms with van der Waals surface area (Å²) in [6.07, 6.45) is 0. The number of esters is 1. The quantitative estimate of drug-likeness (QED) is 0.559. The smallest absolute Gasteiger partial charge is 0.336 e. The molecule has 0 saturated carbocycles. The second-order valence-electron chi connectivity index (χ2n) is 5.29. The molecule has 0 saturated heterocycles. The Morgan fingerprint density at radius 2 is 1.54 bits per heavy atom. The fraction of sp³-hybridized carbons (Fsp3) is 0.111. The van der Waals surface area contributed by atoms with Gasteiger partial charge in [0.25, 0.3) is 5.91 Å². The molecule has 0 spiro atoms. The van der Waals surface area contributed by atoms with Gasteiger partial charge in [0.2, 0.25) is 5.91 Å². The standard InChI is InChI=1S/C18H16N2O6/c1-10(21)19-15-8-7-12(26-11(2)22)9-16(15)20-17(23)13-5-3-4-6-14(13)18(24)25/h3-9H,1-2H3,(H,19,21)(H,20,23)(H,24,25). The SMILES string of the molecule is CC(=O)Nc1ccc(OC(C)=O)cc1NC(=O)c1ccccc1C(=O)O. The van der Waals surface area contributed by atoms with Crippen LogP contribution >= 0.6 is 0 Å². The van der Waals surface area contributed by atoms with Crippen molar-refractivity contribution in [3.63, 3.8) is 0 Å². The molecule has 8 nitrogen and oxygen atoms in total. The van der Waals surface area contributed by atoms with E-state index < -0.39 is 17.8 Å². The molecule has 134 valence electrons. The zero-order valence-electron chi connectivity index (χ0n) is 14.0. The summed E-state index contributed by atoms with van der Waals surface area (Å²) in [6, 6.07) is 9.98. The molecule has 0 bridgehead atoms. The Morgan fingerprint density at radius 1 is 0.885 bits per heavy atom. The number of amides is 2. The Morgan fingerprint density at radius 3 is 2.12 bits per heavy atom. The number of benzene rings is 2. The van der Waals surface area contributed by atoms with Crippen molar-refractivity contribution >= 4 is 35.1 Å². The van der Waals surface area contributed by atoms with E-state index in [4.69, 9.17) is 4.74 Å². The average molecular weight is 356 g/mol. The Balaban J connectivity index is 2.39. The van der Waals surface area contributed by atoms with Gasteiger partial charge in [-0.1, -0.05) is 12.1 Å². The highest BCUT2D eigenvalue weighted by Crippen LogP contribution is 2.28. The predicted octanol–water partition coefficient (Wildman–Crippen LogP) is 2.52. The lowest BCUT2D eigenvalue weighted by Crippen LogP contribution is -2.18. The van der Waals surface area contributed by atoms with E-state index in [-0.39, 0.29) is 34.2 Å². The molecule has 0 aromatic heterocycles. The highest BCUT2D eigenvalue weighted by molar-refractivity contribution is 6.12. The van der Waals surface area contributed by atoms with Gasteiger partial charge in [0.1, 0.15) is 5.75 Å². The highest BCUT2D eigenvalue weighted by atomic mass is 16.5. The summed E-state index contributed by atoms with van der Waals surface area (Å²) in [4.78, 5) is 46.2. The van der Waals surface area contributed by atoms with Crippen LogP contribution in [0.2, 0.25) is 0 Å². The number of carboxylic acid groups (broad SMARTS) is 1. The number of carboxylic acids is 1. The molecule has 0 aliphatic rings. The van der Waals surface area contributed by atoms with Crippen LogP contribution in [0.25, 0.3) is 0 Å². The molecule has 0 heterocycles. The molecule has 3 N–H and O–H groups in total. The summed E-state index contributed by atoms with van der Waals surface area (Å²) < 4.78 is 4.97. The zero-order valence-corrected chi connectivity index (χ0v) is 14.0. The first-order valence-corrected chi connectivity index (χ1v) is 7.51. The van der Waals surface area contributed by atoms with E-state index in [1.54, 1.807) is 0 Å². The summed E-state index contributed by atoms with van der Waals surface area (Å²) in [5, 5.41) is 14.3. The van der Waals surface area contributed by atoms with Crippen molar-refractivity contribution in [3.8, 4) is 5.75 Å². The van der Waals surface area contributed by atoms with Gasteiger partial charge >= 0.3 is 11.9 Å². The summed E-state index contributed by atoms with van der Waals surface area (Å²) in [7, 11) is 0. The van der Waals surface area contributed by atoms with E-state index in [1.165, 1.54) is 56.3 Å². The molecule has 2 aromatic carbocycles. The van der Waals surface area contributed by atoms with Crippen LogP contribution in [0.1, 0.15) is 34.6 Å². The Hall–Kier alpha value is -3.68. The Bertz CT molecular complexity index is 891. The summed E-state index contributed by atoms with van der Waals surface area (Å²) in [5.74, 6) is -2.69. The number of ether oxygens (including phenoxy) is 1. The minimum Gasteiger partial charge on any atom is -0.478 e. The maximum Gasteiger partial charge on any atom is 0.336 e. The third-order valence-electron chi connectivity index (χ3n) is 3.21. The first-order chi connectivity index (χ1) is 12.3. The van der Waals surface area contributed by atoms with Crippen LogP contribution in [-0.4, -0.2) is 28.9 Å². The molecule has 0 atom stereocenters. The van der Waals surface area contributed by atoms with Crippen LogP contribution in [0.3, 0.4) is 0 Å². The van der Waals surface area contributed by atoms with Gasteiger partial charge in [0.05, 0.1) is 22.5 Å². The van der Waals surface area contributed by atoms with Crippen molar-refractivity contribution < 1.29 is 29.0 Å². The molecule has 0 aliphatic heterocycles. The van der Waals surface area contributed by atoms with Crippen molar-refractivity contribution in [2.75, 3.05) is 10.6 Å². The number of hydrogen-bond acceptors (Lipinski definition) is 5. The monoisotopic (exact) mass is 356 g/mol. The number of carbonyl (C=O) groups is 4. The largest absolute Gasteiger partial charge is 0.478 e. The normalized spacial score (nSPS) is 9.92. The molecule has 2 amide bonds. The van der Waals surface area contributed by atoms with E-state index >= 15 is 0 Å². The molecule has 8 heteroatoms. The van der Waals surface area contributed by atoms with Gasteiger partial charge in [0, 0.05) is 19.9 Å². The first-order valence-electron chi connectivity index (χ1n) is 7.51. The third kappa shape index (κ3) is 4.67. The van der Waals surface area contributed by atoms with Crippen LogP contribution in [0.5, 0.6) is 5.75 Å². The maximum absolute atomic E-state index is 12.5. The zero-order chi connectivity index (χ0) is 19.3. The molecule has 2 rings (SSSR count). The summed E-state index contributed by atoms with van der Waals surface area (Å²) in [6.45, 7) is 2.52. The molecule has 0 radical (unpaired) electrons. The van der Waals surface area contributed by atoms with Crippen LogP contribution in [0.4, 0.5) is 11.4 Å².